The van der Waals surface area contributed by atoms with E-state index in [0.29, 0.717) is 21.8 Å². The van der Waals surface area contributed by atoms with Crippen LogP contribution in [-0.2, 0) is 0 Å². The van der Waals surface area contributed by atoms with Gasteiger partial charge in [-0.05, 0) is 49.6 Å². The molecule has 1 saturated heterocycles. The van der Waals surface area contributed by atoms with Crippen LogP contribution in [-0.4, -0.2) is 25.2 Å². The number of nitrogens with one attached hydrogen (secondary N) is 1. The average molecular weight is 360 g/mol. The maximum Gasteiger partial charge on any atom is 0.272 e. The molecule has 1 amide bonds. The molecule has 2 aromatic rings. The molecule has 0 radical (unpaired) electrons. The molecule has 3 rings (SSSR count). The number of nitrogens with zero attached hydrogens (tertiary/aromatic N) is 2. The van der Waals surface area contributed by atoms with Crippen molar-refractivity contribution in [2.75, 3.05) is 18.0 Å². The van der Waals surface area contributed by atoms with Gasteiger partial charge in [0.05, 0.1) is 22.5 Å². The predicted molar refractivity (Wildman–Crippen MR) is 99.1 cm³/mol. The van der Waals surface area contributed by atoms with E-state index >= 15 is 0 Å². The molecule has 6 heteroatoms. The number of hydrogen-bond acceptors (Lipinski definition) is 3. The molecule has 1 fully saturated rings. The van der Waals surface area contributed by atoms with E-state index in [-0.39, 0.29) is 5.82 Å². The fraction of sp³-hybridized carbons (Fsp3) is 0.263. The summed E-state index contributed by atoms with van der Waals surface area (Å²) in [6.45, 7) is 3.67. The Hall–Kier alpha value is -2.40. The zero-order valence-electron chi connectivity index (χ0n) is 13.9. The lowest BCUT2D eigenvalue weighted by Crippen LogP contribution is -2.19. The Morgan fingerprint density at radius 1 is 1.28 bits per heavy atom. The summed E-state index contributed by atoms with van der Waals surface area (Å²) < 4.78 is 14.4. The fourth-order valence-corrected chi connectivity index (χ4v) is 3.11. The molecule has 1 aliphatic heterocycles. The Kier molecular flexibility index (Phi) is 5.34. The van der Waals surface area contributed by atoms with Crippen LogP contribution in [0.3, 0.4) is 0 Å². The number of carbonyl (C=O) groups excluding carboxylic acids is 1. The summed E-state index contributed by atoms with van der Waals surface area (Å²) >= 11 is 5.97. The van der Waals surface area contributed by atoms with Crippen LogP contribution in [0.4, 0.5) is 10.1 Å². The first kappa shape index (κ1) is 17.4. The van der Waals surface area contributed by atoms with E-state index in [4.69, 9.17) is 11.6 Å². The summed E-state index contributed by atoms with van der Waals surface area (Å²) in [4.78, 5) is 14.1. The molecule has 0 saturated carbocycles. The zero-order chi connectivity index (χ0) is 17.8. The van der Waals surface area contributed by atoms with E-state index in [1.165, 1.54) is 12.3 Å². The van der Waals surface area contributed by atoms with Crippen molar-refractivity contribution in [2.45, 2.75) is 19.8 Å². The molecule has 0 atom stereocenters. The van der Waals surface area contributed by atoms with Crippen molar-refractivity contribution >= 4 is 29.4 Å². The largest absolute Gasteiger partial charge is 0.369 e. The lowest BCUT2D eigenvalue weighted by atomic mass is 10.1. The van der Waals surface area contributed by atoms with Crippen LogP contribution in [0.2, 0.25) is 5.02 Å². The minimum absolute atomic E-state index is 0.272. The van der Waals surface area contributed by atoms with Gasteiger partial charge in [0.15, 0.2) is 0 Å². The summed E-state index contributed by atoms with van der Waals surface area (Å²) in [6.07, 6.45) is 3.63. The van der Waals surface area contributed by atoms with Crippen LogP contribution < -0.4 is 10.3 Å². The molecule has 0 unspecified atom stereocenters. The molecule has 1 N–H and O–H groups in total. The van der Waals surface area contributed by atoms with Crippen LogP contribution in [0.25, 0.3) is 0 Å². The molecular weight excluding hydrogens is 341 g/mol. The molecule has 25 heavy (non-hydrogen) atoms. The number of amides is 1. The van der Waals surface area contributed by atoms with Crippen molar-refractivity contribution in [1.29, 1.82) is 0 Å². The molecule has 1 aliphatic rings. The molecule has 1 heterocycles. The molecule has 0 bridgehead atoms. The summed E-state index contributed by atoms with van der Waals surface area (Å²) in [5, 5.41) is 4.28. The number of carbonyl (C=O) groups is 1. The summed E-state index contributed by atoms with van der Waals surface area (Å²) in [5.41, 5.74) is 4.92. The van der Waals surface area contributed by atoms with Gasteiger partial charge in [0.25, 0.3) is 5.91 Å². The third kappa shape index (κ3) is 3.99. The Morgan fingerprint density at radius 2 is 2.00 bits per heavy atom. The van der Waals surface area contributed by atoms with Crippen LogP contribution in [0, 0.1) is 12.7 Å². The first-order chi connectivity index (χ1) is 12.1. The van der Waals surface area contributed by atoms with Crippen molar-refractivity contribution in [3.63, 3.8) is 0 Å². The second-order valence-corrected chi connectivity index (χ2v) is 6.44. The van der Waals surface area contributed by atoms with Gasteiger partial charge in [-0.25, -0.2) is 9.82 Å². The van der Waals surface area contributed by atoms with E-state index in [1.54, 1.807) is 24.3 Å². The topological polar surface area (TPSA) is 44.7 Å². The van der Waals surface area contributed by atoms with Gasteiger partial charge < -0.3 is 4.90 Å². The molecule has 4 nitrogen and oxygen atoms in total. The van der Waals surface area contributed by atoms with E-state index < -0.39 is 5.91 Å². The number of hydrazone groups is 1. The highest BCUT2D eigenvalue weighted by Gasteiger charge is 2.17. The SMILES string of the molecule is Cc1cc(N2CCCC2)c(F)cc1C=NNC(=O)c1ccccc1Cl. The highest BCUT2D eigenvalue weighted by atomic mass is 35.5. The standard InChI is InChI=1S/C19H19ClFN3O/c1-13-10-18(24-8-4-5-9-24)17(21)11-14(13)12-22-23-19(25)15-6-2-3-7-16(15)20/h2-3,6-7,10-12H,4-5,8-9H2,1H3,(H,23,25). The smallest absolute Gasteiger partial charge is 0.272 e. The van der Waals surface area contributed by atoms with Crippen molar-refractivity contribution < 1.29 is 9.18 Å². The van der Waals surface area contributed by atoms with Crippen molar-refractivity contribution in [2.24, 2.45) is 5.10 Å². The second-order valence-electron chi connectivity index (χ2n) is 6.03. The predicted octanol–water partition coefficient (Wildman–Crippen LogP) is 4.15. The highest BCUT2D eigenvalue weighted by molar-refractivity contribution is 6.33. The Balaban J connectivity index is 1.72. The van der Waals surface area contributed by atoms with E-state index in [1.807, 2.05) is 13.0 Å². The Morgan fingerprint density at radius 3 is 2.72 bits per heavy atom. The quantitative estimate of drug-likeness (QED) is 0.658. The molecule has 0 aromatic heterocycles. The second kappa shape index (κ2) is 7.66. The number of halogens is 2. The zero-order valence-corrected chi connectivity index (χ0v) is 14.7. The van der Waals surface area contributed by atoms with Gasteiger partial charge in [-0.3, -0.25) is 4.79 Å². The number of hydrogen-bond donors (Lipinski definition) is 1. The molecule has 0 spiro atoms. The lowest BCUT2D eigenvalue weighted by Gasteiger charge is -2.19. The maximum atomic E-state index is 14.4. The first-order valence-corrected chi connectivity index (χ1v) is 8.57. The monoisotopic (exact) mass is 359 g/mol. The normalized spacial score (nSPS) is 14.3. The highest BCUT2D eigenvalue weighted by Crippen LogP contribution is 2.26. The van der Waals surface area contributed by atoms with Gasteiger partial charge in [0.1, 0.15) is 5.82 Å². The van der Waals surface area contributed by atoms with Crippen LogP contribution >= 0.6 is 11.6 Å². The third-order valence-corrected chi connectivity index (χ3v) is 4.60. The van der Waals surface area contributed by atoms with Crippen LogP contribution in [0.1, 0.15) is 34.3 Å². The maximum absolute atomic E-state index is 14.4. The molecule has 0 aliphatic carbocycles. The minimum Gasteiger partial charge on any atom is -0.369 e. The van der Waals surface area contributed by atoms with E-state index in [2.05, 4.69) is 15.4 Å². The summed E-state index contributed by atoms with van der Waals surface area (Å²) in [6, 6.07) is 10.0. The Bertz CT molecular complexity index is 816. The van der Waals surface area contributed by atoms with Crippen molar-refractivity contribution in [3.8, 4) is 0 Å². The molecule has 130 valence electrons. The number of aryl methyl sites for hydroxylation is 1. The number of benzene rings is 2. The van der Waals surface area contributed by atoms with Crippen LogP contribution in [0.5, 0.6) is 0 Å². The van der Waals surface area contributed by atoms with Gasteiger partial charge in [-0.2, -0.15) is 5.10 Å². The number of anilines is 1. The van der Waals surface area contributed by atoms with Gasteiger partial charge >= 0.3 is 0 Å². The lowest BCUT2D eigenvalue weighted by molar-refractivity contribution is 0.0955. The van der Waals surface area contributed by atoms with Crippen LogP contribution in [0.15, 0.2) is 41.5 Å². The van der Waals surface area contributed by atoms with Gasteiger partial charge in [0, 0.05) is 18.7 Å². The summed E-state index contributed by atoms with van der Waals surface area (Å²) in [7, 11) is 0. The molecular formula is C19H19ClFN3O. The first-order valence-electron chi connectivity index (χ1n) is 8.19. The Labute approximate surface area is 151 Å². The molecule has 2 aromatic carbocycles. The van der Waals surface area contributed by atoms with Crippen molar-refractivity contribution in [3.05, 3.63) is 63.9 Å². The third-order valence-electron chi connectivity index (χ3n) is 4.27. The van der Waals surface area contributed by atoms with E-state index in [9.17, 15) is 9.18 Å². The average Bonchev–Trinajstić information content (AvgIpc) is 3.12. The van der Waals surface area contributed by atoms with E-state index in [0.717, 1.165) is 31.5 Å². The van der Waals surface area contributed by atoms with Gasteiger partial charge in [0.2, 0.25) is 0 Å². The van der Waals surface area contributed by atoms with Crippen molar-refractivity contribution in [1.82, 2.24) is 5.43 Å². The fourth-order valence-electron chi connectivity index (χ4n) is 2.89. The number of rotatable bonds is 4. The van der Waals surface area contributed by atoms with Gasteiger partial charge in [-0.15, -0.1) is 0 Å². The summed E-state index contributed by atoms with van der Waals surface area (Å²) in [5.74, 6) is -0.681. The minimum atomic E-state index is -0.409. The van der Waals surface area contributed by atoms with Gasteiger partial charge in [-0.1, -0.05) is 23.7 Å².